The van der Waals surface area contributed by atoms with Crippen molar-refractivity contribution in [3.63, 3.8) is 0 Å². The van der Waals surface area contributed by atoms with Crippen LogP contribution < -0.4 is 4.90 Å². The van der Waals surface area contributed by atoms with Crippen molar-refractivity contribution in [3.8, 4) is 0 Å². The van der Waals surface area contributed by atoms with Crippen LogP contribution in [0.2, 0.25) is 5.02 Å². The standard InChI is InChI=1S/C16H21ClN4OS/c1-20(2)10-14-11-21(7-8-22-14)16-19-18-15(23-16)9-12-3-5-13(17)6-4-12/h3-6,14H,7-11H2,1-2H3. The summed E-state index contributed by atoms with van der Waals surface area (Å²) in [5.41, 5.74) is 1.20. The molecule has 2 heterocycles. The molecular formula is C16H21ClN4OS. The first-order valence-electron chi connectivity index (χ1n) is 7.68. The molecule has 3 rings (SSSR count). The number of nitrogens with zero attached hydrogens (tertiary/aromatic N) is 4. The van der Waals surface area contributed by atoms with E-state index in [9.17, 15) is 0 Å². The number of halogens is 1. The van der Waals surface area contributed by atoms with Gasteiger partial charge in [0.2, 0.25) is 5.13 Å². The van der Waals surface area contributed by atoms with Crippen molar-refractivity contribution < 1.29 is 4.74 Å². The Hall–Kier alpha value is -1.21. The number of benzene rings is 1. The first-order valence-corrected chi connectivity index (χ1v) is 8.87. The Morgan fingerprint density at radius 2 is 2.09 bits per heavy atom. The van der Waals surface area contributed by atoms with E-state index in [2.05, 4.69) is 34.1 Å². The van der Waals surface area contributed by atoms with Crippen LogP contribution in [0, 0.1) is 0 Å². The number of anilines is 1. The summed E-state index contributed by atoms with van der Waals surface area (Å²) in [7, 11) is 4.13. The minimum Gasteiger partial charge on any atom is -0.373 e. The van der Waals surface area contributed by atoms with Crippen LogP contribution in [0.25, 0.3) is 0 Å². The molecule has 2 aromatic rings. The Kier molecular flexibility index (Phi) is 5.48. The minimum atomic E-state index is 0.224. The van der Waals surface area contributed by atoms with E-state index in [0.29, 0.717) is 0 Å². The molecule has 0 N–H and O–H groups in total. The maximum atomic E-state index is 5.92. The predicted molar refractivity (Wildman–Crippen MR) is 94.7 cm³/mol. The van der Waals surface area contributed by atoms with Crippen molar-refractivity contribution in [1.29, 1.82) is 0 Å². The second-order valence-corrected chi connectivity index (χ2v) is 7.46. The summed E-state index contributed by atoms with van der Waals surface area (Å²) in [5.74, 6) is 0. The van der Waals surface area contributed by atoms with Gasteiger partial charge in [-0.2, -0.15) is 0 Å². The molecule has 1 aromatic carbocycles. The number of hydrogen-bond donors (Lipinski definition) is 0. The molecule has 1 aliphatic heterocycles. The van der Waals surface area contributed by atoms with Crippen molar-refractivity contribution >= 4 is 28.1 Å². The van der Waals surface area contributed by atoms with Crippen LogP contribution in [0.4, 0.5) is 5.13 Å². The monoisotopic (exact) mass is 352 g/mol. The maximum Gasteiger partial charge on any atom is 0.208 e. The van der Waals surface area contributed by atoms with Crippen LogP contribution in [0.5, 0.6) is 0 Å². The lowest BCUT2D eigenvalue weighted by molar-refractivity contribution is 0.0247. The highest BCUT2D eigenvalue weighted by Crippen LogP contribution is 2.24. The molecule has 1 saturated heterocycles. The van der Waals surface area contributed by atoms with Gasteiger partial charge in [-0.15, -0.1) is 10.2 Å². The lowest BCUT2D eigenvalue weighted by Gasteiger charge is -2.33. The molecule has 0 saturated carbocycles. The molecule has 1 fully saturated rings. The van der Waals surface area contributed by atoms with Gasteiger partial charge in [0.15, 0.2) is 0 Å². The number of hydrogen-bond acceptors (Lipinski definition) is 6. The number of ether oxygens (including phenoxy) is 1. The molecule has 1 aromatic heterocycles. The normalized spacial score (nSPS) is 18.6. The van der Waals surface area contributed by atoms with Gasteiger partial charge in [0, 0.05) is 31.1 Å². The molecule has 23 heavy (non-hydrogen) atoms. The Morgan fingerprint density at radius 1 is 1.30 bits per heavy atom. The fourth-order valence-corrected chi connectivity index (χ4v) is 3.67. The van der Waals surface area contributed by atoms with Crippen LogP contribution >= 0.6 is 22.9 Å². The zero-order valence-corrected chi connectivity index (χ0v) is 15.0. The van der Waals surface area contributed by atoms with Crippen molar-refractivity contribution in [3.05, 3.63) is 39.9 Å². The van der Waals surface area contributed by atoms with Crippen molar-refractivity contribution in [2.75, 3.05) is 45.2 Å². The first-order chi connectivity index (χ1) is 11.1. The van der Waals surface area contributed by atoms with Crippen LogP contribution in [0.15, 0.2) is 24.3 Å². The highest BCUT2D eigenvalue weighted by atomic mass is 35.5. The molecule has 1 atom stereocenters. The van der Waals surface area contributed by atoms with Gasteiger partial charge in [0.1, 0.15) is 5.01 Å². The van der Waals surface area contributed by atoms with Crippen molar-refractivity contribution in [1.82, 2.24) is 15.1 Å². The van der Waals surface area contributed by atoms with Gasteiger partial charge < -0.3 is 14.5 Å². The summed E-state index contributed by atoms with van der Waals surface area (Å²) in [5, 5.41) is 11.5. The third-order valence-corrected chi connectivity index (χ3v) is 4.94. The van der Waals surface area contributed by atoms with Gasteiger partial charge in [-0.05, 0) is 31.8 Å². The molecule has 0 bridgehead atoms. The fourth-order valence-electron chi connectivity index (χ4n) is 2.63. The van der Waals surface area contributed by atoms with E-state index in [1.54, 1.807) is 11.3 Å². The summed E-state index contributed by atoms with van der Waals surface area (Å²) < 4.78 is 5.81. The summed E-state index contributed by atoms with van der Waals surface area (Å²) in [6, 6.07) is 7.88. The number of morpholine rings is 1. The number of rotatable bonds is 5. The average molecular weight is 353 g/mol. The second kappa shape index (κ2) is 7.57. The number of likely N-dealkylation sites (N-methyl/N-ethyl adjacent to an activating group) is 1. The van der Waals surface area contributed by atoms with Gasteiger partial charge in [-0.25, -0.2) is 0 Å². The summed E-state index contributed by atoms with van der Waals surface area (Å²) >= 11 is 7.58. The topological polar surface area (TPSA) is 41.5 Å². The molecular weight excluding hydrogens is 332 g/mol. The highest BCUT2D eigenvalue weighted by molar-refractivity contribution is 7.15. The molecule has 124 valence electrons. The average Bonchev–Trinajstić information content (AvgIpc) is 2.98. The van der Waals surface area contributed by atoms with Crippen LogP contribution in [0.1, 0.15) is 10.6 Å². The van der Waals surface area contributed by atoms with Gasteiger partial charge in [0.05, 0.1) is 12.7 Å². The molecule has 0 aliphatic carbocycles. The Balaban J connectivity index is 1.63. The highest BCUT2D eigenvalue weighted by Gasteiger charge is 2.23. The van der Waals surface area contributed by atoms with E-state index in [0.717, 1.165) is 47.8 Å². The van der Waals surface area contributed by atoms with Crippen LogP contribution in [-0.4, -0.2) is 61.5 Å². The third kappa shape index (κ3) is 4.64. The smallest absolute Gasteiger partial charge is 0.208 e. The van der Waals surface area contributed by atoms with Crippen LogP contribution in [-0.2, 0) is 11.2 Å². The molecule has 1 unspecified atom stereocenters. The van der Waals surface area contributed by atoms with Gasteiger partial charge in [0.25, 0.3) is 0 Å². The quantitative estimate of drug-likeness (QED) is 0.827. The molecule has 0 spiro atoms. The Morgan fingerprint density at radius 3 is 2.83 bits per heavy atom. The lowest BCUT2D eigenvalue weighted by Crippen LogP contribution is -2.46. The van der Waals surface area contributed by atoms with E-state index in [4.69, 9.17) is 16.3 Å². The van der Waals surface area contributed by atoms with E-state index < -0.39 is 0 Å². The SMILES string of the molecule is CN(C)CC1CN(c2nnc(Cc3ccc(Cl)cc3)s2)CCO1. The zero-order valence-electron chi connectivity index (χ0n) is 13.4. The molecule has 5 nitrogen and oxygen atoms in total. The summed E-state index contributed by atoms with van der Waals surface area (Å²) in [6.07, 6.45) is 1.02. The Labute approximate surface area is 145 Å². The third-order valence-electron chi connectivity index (χ3n) is 3.70. The lowest BCUT2D eigenvalue weighted by atomic mass is 10.2. The maximum absolute atomic E-state index is 5.92. The zero-order chi connectivity index (χ0) is 16.2. The van der Waals surface area contributed by atoms with Crippen LogP contribution in [0.3, 0.4) is 0 Å². The molecule has 0 amide bonds. The largest absolute Gasteiger partial charge is 0.373 e. The minimum absolute atomic E-state index is 0.224. The van der Waals surface area contributed by atoms with Gasteiger partial charge >= 0.3 is 0 Å². The van der Waals surface area contributed by atoms with E-state index >= 15 is 0 Å². The predicted octanol–water partition coefficient (Wildman–Crippen LogP) is 2.55. The summed E-state index contributed by atoms with van der Waals surface area (Å²) in [4.78, 5) is 4.43. The van der Waals surface area contributed by atoms with E-state index in [1.165, 1.54) is 5.56 Å². The van der Waals surface area contributed by atoms with Crippen molar-refractivity contribution in [2.45, 2.75) is 12.5 Å². The van der Waals surface area contributed by atoms with E-state index in [1.807, 2.05) is 24.3 Å². The van der Waals surface area contributed by atoms with E-state index in [-0.39, 0.29) is 6.10 Å². The first kappa shape index (κ1) is 16.6. The van der Waals surface area contributed by atoms with Gasteiger partial charge in [-0.1, -0.05) is 35.1 Å². The fraction of sp³-hybridized carbons (Fsp3) is 0.500. The molecule has 1 aliphatic rings. The summed E-state index contributed by atoms with van der Waals surface area (Å²) in [6.45, 7) is 3.41. The second-order valence-electron chi connectivity index (χ2n) is 5.98. The number of aromatic nitrogens is 2. The van der Waals surface area contributed by atoms with Crippen molar-refractivity contribution in [2.24, 2.45) is 0 Å². The molecule has 0 radical (unpaired) electrons. The molecule has 7 heteroatoms. The Bertz CT molecular complexity index is 631. The van der Waals surface area contributed by atoms with Gasteiger partial charge in [-0.3, -0.25) is 0 Å².